The summed E-state index contributed by atoms with van der Waals surface area (Å²) in [6.07, 6.45) is -3.01. The largest absolute Gasteiger partial charge is 0.508 e. The smallest absolute Gasteiger partial charge is 0.353 e. The summed E-state index contributed by atoms with van der Waals surface area (Å²) in [5.41, 5.74) is 1.99. The number of nitrogen functional groups attached to an aromatic ring is 1. The molecule has 2 aromatic carbocycles. The highest BCUT2D eigenvalue weighted by Gasteiger charge is 2.70. The number of benzene rings is 2. The van der Waals surface area contributed by atoms with Crippen LogP contribution in [0.4, 0.5) is 10.2 Å². The van der Waals surface area contributed by atoms with E-state index >= 15 is 0 Å². The molecule has 0 bridgehead atoms. The molecule has 13 heteroatoms. The van der Waals surface area contributed by atoms with Crippen molar-refractivity contribution < 1.29 is 39.9 Å². The number of hydrogen-bond donors (Lipinski definition) is 7. The number of halogens is 1. The lowest BCUT2D eigenvalue weighted by molar-refractivity contribution is -0.413. The number of hydroxylamine groups is 2. The Hall–Kier alpha value is -3.43. The first-order chi connectivity index (χ1) is 17.0. The molecule has 1 fully saturated rings. The summed E-state index contributed by atoms with van der Waals surface area (Å²) in [7, 11) is 0. The van der Waals surface area contributed by atoms with E-state index in [0.717, 1.165) is 6.20 Å². The molecule has 1 aliphatic rings. The summed E-state index contributed by atoms with van der Waals surface area (Å²) >= 11 is 0. The molecule has 1 aromatic heterocycles. The van der Waals surface area contributed by atoms with E-state index in [0.29, 0.717) is 4.57 Å². The molecule has 12 nitrogen and oxygen atoms in total. The van der Waals surface area contributed by atoms with Gasteiger partial charge in [-0.2, -0.15) is 0 Å². The Morgan fingerprint density at radius 2 is 1.75 bits per heavy atom. The van der Waals surface area contributed by atoms with Gasteiger partial charge in [0.15, 0.2) is 0 Å². The Morgan fingerprint density at radius 1 is 1.11 bits per heavy atom. The van der Waals surface area contributed by atoms with E-state index in [2.05, 4.69) is 4.98 Å². The van der Waals surface area contributed by atoms with Crippen LogP contribution in [0.25, 0.3) is 0 Å². The number of aromatic hydroxyl groups is 1. The number of phenols is 1. The molecular weight excluding hydrogens is 479 g/mol. The SMILES string of the molecule is Nc1c(Cc2ccccc2F)cnc(=O)n1[C@@]1(O)O[C@H](CO)[C@@H](O)[C@]1(O)N(O)Cc1ccccc1O. The first-order valence-electron chi connectivity index (χ1n) is 10.8. The summed E-state index contributed by atoms with van der Waals surface area (Å²) < 4.78 is 19.8. The molecule has 1 aliphatic heterocycles. The molecule has 8 N–H and O–H groups in total. The lowest BCUT2D eigenvalue weighted by Gasteiger charge is -2.42. The van der Waals surface area contributed by atoms with Crippen LogP contribution in [-0.4, -0.2) is 69.9 Å². The Labute approximate surface area is 203 Å². The van der Waals surface area contributed by atoms with Crippen LogP contribution in [0.5, 0.6) is 5.75 Å². The van der Waals surface area contributed by atoms with Gasteiger partial charge < -0.3 is 41.2 Å². The molecule has 1 saturated heterocycles. The number of nitrogens with two attached hydrogens (primary N) is 1. The number of aliphatic hydroxyl groups is 4. The molecule has 192 valence electrons. The maximum atomic E-state index is 14.2. The number of aromatic nitrogens is 2. The number of ether oxygens (including phenoxy) is 1. The topological polar surface area (TPSA) is 195 Å². The minimum absolute atomic E-state index is 0.0474. The zero-order valence-electron chi connectivity index (χ0n) is 18.8. The molecule has 0 amide bonds. The van der Waals surface area contributed by atoms with Crippen LogP contribution >= 0.6 is 0 Å². The average Bonchev–Trinajstić information content (AvgIpc) is 3.05. The Balaban J connectivity index is 1.83. The second-order valence-corrected chi connectivity index (χ2v) is 8.36. The fourth-order valence-electron chi connectivity index (χ4n) is 4.20. The van der Waals surface area contributed by atoms with Gasteiger partial charge in [0.25, 0.3) is 0 Å². The van der Waals surface area contributed by atoms with E-state index in [1.807, 2.05) is 0 Å². The molecule has 0 saturated carbocycles. The Morgan fingerprint density at radius 3 is 2.39 bits per heavy atom. The molecule has 0 radical (unpaired) electrons. The van der Waals surface area contributed by atoms with E-state index in [9.17, 15) is 39.9 Å². The second-order valence-electron chi connectivity index (χ2n) is 8.36. The fourth-order valence-corrected chi connectivity index (χ4v) is 4.20. The lowest BCUT2D eigenvalue weighted by Crippen LogP contribution is -2.68. The standard InChI is InChI=1S/C23H25FN4O8/c24-16-7-3-1-5-13(16)9-15-10-26-21(32)28(20(15)25)23(34)22(33,19(31)18(12-29)36-23)27(35)11-14-6-2-4-8-17(14)30/h1-8,10,18-19,29-31,33-35H,9,11-12,25H2/t18-,19-,22-,23+/m1/s1. The van der Waals surface area contributed by atoms with Gasteiger partial charge in [0.05, 0.1) is 13.2 Å². The zero-order chi connectivity index (χ0) is 26.3. The second kappa shape index (κ2) is 9.55. The van der Waals surface area contributed by atoms with E-state index in [-0.39, 0.29) is 33.9 Å². The van der Waals surface area contributed by atoms with Gasteiger partial charge in [0.1, 0.15) is 29.6 Å². The summed E-state index contributed by atoms with van der Waals surface area (Å²) in [5.74, 6) is -4.65. The summed E-state index contributed by atoms with van der Waals surface area (Å²) in [6, 6.07) is 11.5. The van der Waals surface area contributed by atoms with Crippen LogP contribution < -0.4 is 11.4 Å². The molecule has 0 spiro atoms. The van der Waals surface area contributed by atoms with Gasteiger partial charge in [-0.1, -0.05) is 36.4 Å². The molecule has 3 aromatic rings. The minimum atomic E-state index is -3.29. The summed E-state index contributed by atoms with van der Waals surface area (Å²) in [5, 5.41) is 64.4. The monoisotopic (exact) mass is 504 g/mol. The molecule has 4 rings (SSSR count). The predicted octanol–water partition coefficient (Wildman–Crippen LogP) is -0.804. The molecule has 0 aliphatic carbocycles. The van der Waals surface area contributed by atoms with Crippen molar-refractivity contribution in [3.63, 3.8) is 0 Å². The fraction of sp³-hybridized carbons (Fsp3) is 0.304. The third-order valence-corrected chi connectivity index (χ3v) is 6.18. The van der Waals surface area contributed by atoms with E-state index in [4.69, 9.17) is 10.5 Å². The van der Waals surface area contributed by atoms with Crippen molar-refractivity contribution in [1.29, 1.82) is 0 Å². The molecule has 36 heavy (non-hydrogen) atoms. The van der Waals surface area contributed by atoms with E-state index in [1.54, 1.807) is 6.07 Å². The average molecular weight is 504 g/mol. The van der Waals surface area contributed by atoms with Crippen LogP contribution in [0.15, 0.2) is 59.5 Å². The normalized spacial score (nSPS) is 26.0. The van der Waals surface area contributed by atoms with Crippen molar-refractivity contribution in [3.8, 4) is 5.75 Å². The third-order valence-electron chi connectivity index (χ3n) is 6.18. The maximum absolute atomic E-state index is 14.2. The van der Waals surface area contributed by atoms with Crippen molar-refractivity contribution in [2.45, 2.75) is 36.8 Å². The van der Waals surface area contributed by atoms with Crippen molar-refractivity contribution in [2.24, 2.45) is 0 Å². The van der Waals surface area contributed by atoms with Crippen LogP contribution in [0.1, 0.15) is 16.7 Å². The van der Waals surface area contributed by atoms with Gasteiger partial charge in [-0.25, -0.2) is 18.7 Å². The van der Waals surface area contributed by atoms with Crippen molar-refractivity contribution in [3.05, 3.63) is 87.7 Å². The van der Waals surface area contributed by atoms with E-state index < -0.39 is 54.3 Å². The Kier molecular flexibility index (Phi) is 6.81. The van der Waals surface area contributed by atoms with Gasteiger partial charge in [0, 0.05) is 23.7 Å². The highest BCUT2D eigenvalue weighted by molar-refractivity contribution is 5.43. The van der Waals surface area contributed by atoms with Crippen LogP contribution in [0.3, 0.4) is 0 Å². The molecular formula is C23H25FN4O8. The molecule has 4 atom stereocenters. The zero-order valence-corrected chi connectivity index (χ0v) is 18.8. The van der Waals surface area contributed by atoms with Crippen LogP contribution in [0, 0.1) is 5.82 Å². The Bertz CT molecular complexity index is 1320. The summed E-state index contributed by atoms with van der Waals surface area (Å²) in [4.78, 5) is 16.4. The first kappa shape index (κ1) is 25.7. The van der Waals surface area contributed by atoms with Crippen molar-refractivity contribution in [2.75, 3.05) is 12.3 Å². The number of phenolic OH excluding ortho intramolecular Hbond substituents is 1. The lowest BCUT2D eigenvalue weighted by atomic mass is 9.99. The highest BCUT2D eigenvalue weighted by Crippen LogP contribution is 2.45. The van der Waals surface area contributed by atoms with Crippen molar-refractivity contribution >= 4 is 5.82 Å². The highest BCUT2D eigenvalue weighted by atomic mass is 19.1. The number of rotatable bonds is 7. The predicted molar refractivity (Wildman–Crippen MR) is 121 cm³/mol. The molecule has 0 unspecified atom stereocenters. The van der Waals surface area contributed by atoms with Gasteiger partial charge in [-0.05, 0) is 17.7 Å². The summed E-state index contributed by atoms with van der Waals surface area (Å²) in [6.45, 7) is -1.60. The first-order valence-corrected chi connectivity index (χ1v) is 10.8. The number of para-hydroxylation sites is 1. The molecule has 2 heterocycles. The van der Waals surface area contributed by atoms with Crippen molar-refractivity contribution in [1.82, 2.24) is 14.6 Å². The van der Waals surface area contributed by atoms with Gasteiger partial charge in [-0.15, -0.1) is 5.06 Å². The quantitative estimate of drug-likeness (QED) is 0.157. The van der Waals surface area contributed by atoms with Crippen LogP contribution in [0.2, 0.25) is 0 Å². The number of anilines is 1. The van der Waals surface area contributed by atoms with Gasteiger partial charge in [0.2, 0.25) is 5.72 Å². The van der Waals surface area contributed by atoms with Gasteiger partial charge in [-0.3, -0.25) is 0 Å². The third kappa shape index (κ3) is 4.02. The van der Waals surface area contributed by atoms with E-state index in [1.165, 1.54) is 42.5 Å². The number of nitrogens with zero attached hydrogens (tertiary/aromatic N) is 3. The number of aliphatic hydroxyl groups excluding tert-OH is 2. The maximum Gasteiger partial charge on any atom is 0.353 e. The van der Waals surface area contributed by atoms with Gasteiger partial charge >= 0.3 is 11.6 Å². The number of hydrogen-bond acceptors (Lipinski definition) is 11. The van der Waals surface area contributed by atoms with Crippen LogP contribution in [-0.2, 0) is 23.6 Å². The minimum Gasteiger partial charge on any atom is -0.508 e.